The van der Waals surface area contributed by atoms with E-state index in [1.807, 2.05) is 12.1 Å². The Labute approximate surface area is 162 Å². The van der Waals surface area contributed by atoms with Crippen molar-refractivity contribution in [2.24, 2.45) is 0 Å². The van der Waals surface area contributed by atoms with Crippen LogP contribution in [0.3, 0.4) is 0 Å². The number of nitrogens with one attached hydrogen (secondary N) is 2. The normalized spacial score (nSPS) is 10.2. The molecule has 1 heterocycles. The van der Waals surface area contributed by atoms with Gasteiger partial charge < -0.3 is 20.1 Å². The fourth-order valence-electron chi connectivity index (χ4n) is 2.42. The number of anilines is 3. The van der Waals surface area contributed by atoms with E-state index in [1.54, 1.807) is 62.9 Å². The number of carbonyl (C=O) groups is 1. The van der Waals surface area contributed by atoms with E-state index in [0.29, 0.717) is 39.3 Å². The molecule has 0 radical (unpaired) electrons. The third kappa shape index (κ3) is 4.68. The van der Waals surface area contributed by atoms with Gasteiger partial charge in [-0.2, -0.15) is 0 Å². The fraction of sp³-hybridized carbons (Fsp3) is 0.100. The van der Waals surface area contributed by atoms with Crippen molar-refractivity contribution in [2.45, 2.75) is 0 Å². The number of methoxy groups -OCH3 is 2. The Kier molecular flexibility index (Phi) is 5.78. The van der Waals surface area contributed by atoms with Gasteiger partial charge in [-0.25, -0.2) is 4.98 Å². The molecule has 1 amide bonds. The van der Waals surface area contributed by atoms with E-state index in [2.05, 4.69) is 15.6 Å². The first-order chi connectivity index (χ1) is 13.1. The number of carbonyl (C=O) groups excluding carboxylic acids is 1. The fourth-order valence-corrected chi connectivity index (χ4v) is 2.54. The summed E-state index contributed by atoms with van der Waals surface area (Å²) in [4.78, 5) is 16.7. The highest BCUT2D eigenvalue weighted by Gasteiger charge is 2.10. The maximum atomic E-state index is 12.5. The maximum absolute atomic E-state index is 12.5. The smallest absolute Gasteiger partial charge is 0.255 e. The van der Waals surface area contributed by atoms with Crippen molar-refractivity contribution < 1.29 is 14.3 Å². The molecule has 0 aliphatic rings. The highest BCUT2D eigenvalue weighted by molar-refractivity contribution is 6.30. The SMILES string of the molecule is COc1ccc(Nc2cc(C(=O)Nc3ccc(Cl)cc3)ccn2)c(OC)c1. The molecular weight excluding hydrogens is 366 g/mol. The van der Waals surface area contributed by atoms with Crippen molar-refractivity contribution in [3.63, 3.8) is 0 Å². The molecule has 138 valence electrons. The molecule has 0 bridgehead atoms. The van der Waals surface area contributed by atoms with Crippen molar-refractivity contribution in [2.75, 3.05) is 24.9 Å². The van der Waals surface area contributed by atoms with Gasteiger partial charge in [-0.05, 0) is 48.5 Å². The van der Waals surface area contributed by atoms with E-state index in [-0.39, 0.29) is 5.91 Å². The van der Waals surface area contributed by atoms with E-state index < -0.39 is 0 Å². The van der Waals surface area contributed by atoms with Gasteiger partial charge in [0, 0.05) is 28.5 Å². The second-order valence-electron chi connectivity index (χ2n) is 5.58. The summed E-state index contributed by atoms with van der Waals surface area (Å²) in [5.74, 6) is 1.56. The summed E-state index contributed by atoms with van der Waals surface area (Å²) in [6.07, 6.45) is 1.56. The number of rotatable bonds is 6. The number of amides is 1. The second-order valence-corrected chi connectivity index (χ2v) is 6.02. The number of aromatic nitrogens is 1. The largest absolute Gasteiger partial charge is 0.497 e. The van der Waals surface area contributed by atoms with Gasteiger partial charge in [0.2, 0.25) is 0 Å². The van der Waals surface area contributed by atoms with Crippen LogP contribution in [-0.4, -0.2) is 25.1 Å². The maximum Gasteiger partial charge on any atom is 0.255 e. The molecule has 0 aliphatic carbocycles. The number of hydrogen-bond acceptors (Lipinski definition) is 5. The van der Waals surface area contributed by atoms with Crippen molar-refractivity contribution in [1.82, 2.24) is 4.98 Å². The van der Waals surface area contributed by atoms with Crippen LogP contribution in [0.25, 0.3) is 0 Å². The summed E-state index contributed by atoms with van der Waals surface area (Å²) in [7, 11) is 3.16. The first-order valence-corrected chi connectivity index (χ1v) is 8.49. The lowest BCUT2D eigenvalue weighted by molar-refractivity contribution is 0.102. The van der Waals surface area contributed by atoms with Crippen LogP contribution in [0, 0.1) is 0 Å². The zero-order chi connectivity index (χ0) is 19.2. The molecule has 7 heteroatoms. The topological polar surface area (TPSA) is 72.5 Å². The minimum Gasteiger partial charge on any atom is -0.497 e. The van der Waals surface area contributed by atoms with E-state index >= 15 is 0 Å². The molecule has 0 aliphatic heterocycles. The van der Waals surface area contributed by atoms with E-state index in [4.69, 9.17) is 21.1 Å². The van der Waals surface area contributed by atoms with Crippen LogP contribution in [0.5, 0.6) is 11.5 Å². The Morgan fingerprint density at radius 2 is 1.78 bits per heavy atom. The summed E-state index contributed by atoms with van der Waals surface area (Å²) in [6.45, 7) is 0. The van der Waals surface area contributed by atoms with Gasteiger partial charge in [-0.15, -0.1) is 0 Å². The quantitative estimate of drug-likeness (QED) is 0.642. The average molecular weight is 384 g/mol. The summed E-state index contributed by atoms with van der Waals surface area (Å²) < 4.78 is 10.6. The molecule has 2 N–H and O–H groups in total. The highest BCUT2D eigenvalue weighted by Crippen LogP contribution is 2.31. The molecule has 1 aromatic heterocycles. The zero-order valence-electron chi connectivity index (χ0n) is 14.8. The third-order valence-electron chi connectivity index (χ3n) is 3.80. The van der Waals surface area contributed by atoms with Gasteiger partial charge in [-0.1, -0.05) is 11.6 Å². The predicted molar refractivity (Wildman–Crippen MR) is 106 cm³/mol. The number of halogens is 1. The van der Waals surface area contributed by atoms with E-state index in [1.165, 1.54) is 0 Å². The minimum absolute atomic E-state index is 0.246. The van der Waals surface area contributed by atoms with Gasteiger partial charge in [0.15, 0.2) is 0 Å². The van der Waals surface area contributed by atoms with Crippen molar-refractivity contribution in [3.05, 3.63) is 71.4 Å². The lowest BCUT2D eigenvalue weighted by Crippen LogP contribution is -2.12. The summed E-state index contributed by atoms with van der Waals surface area (Å²) in [6, 6.07) is 15.6. The second kappa shape index (κ2) is 8.42. The molecule has 3 rings (SSSR count). The Hall–Kier alpha value is -3.25. The first kappa shape index (κ1) is 18.5. The molecule has 0 saturated heterocycles. The molecule has 0 fully saturated rings. The van der Waals surface area contributed by atoms with Crippen molar-refractivity contribution in [1.29, 1.82) is 0 Å². The van der Waals surface area contributed by atoms with Gasteiger partial charge in [0.1, 0.15) is 17.3 Å². The molecule has 0 spiro atoms. The summed E-state index contributed by atoms with van der Waals surface area (Å²) in [5.41, 5.74) is 1.84. The average Bonchev–Trinajstić information content (AvgIpc) is 2.70. The number of ether oxygens (including phenoxy) is 2. The van der Waals surface area contributed by atoms with Crippen LogP contribution in [0.2, 0.25) is 5.02 Å². The Balaban J connectivity index is 1.77. The lowest BCUT2D eigenvalue weighted by Gasteiger charge is -2.12. The lowest BCUT2D eigenvalue weighted by atomic mass is 10.2. The predicted octanol–water partition coefficient (Wildman–Crippen LogP) is 4.75. The molecule has 6 nitrogen and oxygen atoms in total. The highest BCUT2D eigenvalue weighted by atomic mass is 35.5. The molecule has 27 heavy (non-hydrogen) atoms. The van der Waals surface area contributed by atoms with Gasteiger partial charge in [0.25, 0.3) is 5.91 Å². The van der Waals surface area contributed by atoms with Crippen molar-refractivity contribution in [3.8, 4) is 11.5 Å². The van der Waals surface area contributed by atoms with E-state index in [0.717, 1.165) is 0 Å². The van der Waals surface area contributed by atoms with Crippen LogP contribution in [-0.2, 0) is 0 Å². The van der Waals surface area contributed by atoms with Gasteiger partial charge in [-0.3, -0.25) is 4.79 Å². The molecular formula is C20H18ClN3O3. The minimum atomic E-state index is -0.246. The number of nitrogens with zero attached hydrogens (tertiary/aromatic N) is 1. The first-order valence-electron chi connectivity index (χ1n) is 8.11. The van der Waals surface area contributed by atoms with Gasteiger partial charge in [0.05, 0.1) is 19.9 Å². The van der Waals surface area contributed by atoms with Gasteiger partial charge >= 0.3 is 0 Å². The number of pyridine rings is 1. The van der Waals surface area contributed by atoms with Crippen LogP contribution >= 0.6 is 11.6 Å². The Morgan fingerprint density at radius 3 is 2.48 bits per heavy atom. The van der Waals surface area contributed by atoms with Crippen molar-refractivity contribution >= 4 is 34.7 Å². The monoisotopic (exact) mass is 383 g/mol. The van der Waals surface area contributed by atoms with Crippen LogP contribution in [0.4, 0.5) is 17.2 Å². The molecule has 0 unspecified atom stereocenters. The Bertz CT molecular complexity index is 945. The standard InChI is InChI=1S/C20H18ClN3O3/c1-26-16-7-8-17(18(12-16)27-2)24-19-11-13(9-10-22-19)20(25)23-15-5-3-14(21)4-6-15/h3-12H,1-2H3,(H,22,24)(H,23,25). The molecule has 0 saturated carbocycles. The summed E-state index contributed by atoms with van der Waals surface area (Å²) >= 11 is 5.86. The zero-order valence-corrected chi connectivity index (χ0v) is 15.6. The Morgan fingerprint density at radius 1 is 1.00 bits per heavy atom. The third-order valence-corrected chi connectivity index (χ3v) is 4.05. The number of benzene rings is 2. The molecule has 3 aromatic rings. The molecule has 2 aromatic carbocycles. The van der Waals surface area contributed by atoms with Crippen LogP contribution in [0.1, 0.15) is 10.4 Å². The summed E-state index contributed by atoms with van der Waals surface area (Å²) in [5, 5.41) is 6.58. The van der Waals surface area contributed by atoms with Crippen LogP contribution in [0.15, 0.2) is 60.8 Å². The van der Waals surface area contributed by atoms with E-state index in [9.17, 15) is 4.79 Å². The molecule has 0 atom stereocenters. The van der Waals surface area contributed by atoms with Crippen LogP contribution < -0.4 is 20.1 Å². The number of hydrogen-bond donors (Lipinski definition) is 2.